The zero-order chi connectivity index (χ0) is 13.8. The van der Waals surface area contributed by atoms with Crippen LogP contribution in [0.3, 0.4) is 0 Å². The lowest BCUT2D eigenvalue weighted by molar-refractivity contribution is -0.132. The minimum atomic E-state index is 0.138. The van der Waals surface area contributed by atoms with Crippen LogP contribution in [0.5, 0.6) is 0 Å². The van der Waals surface area contributed by atoms with E-state index in [1.54, 1.807) is 11.3 Å². The highest BCUT2D eigenvalue weighted by molar-refractivity contribution is 7.09. The summed E-state index contributed by atoms with van der Waals surface area (Å²) >= 11 is 1.63. The maximum absolute atomic E-state index is 12.2. The summed E-state index contributed by atoms with van der Waals surface area (Å²) in [4.78, 5) is 18.6. The molecule has 0 bridgehead atoms. The van der Waals surface area contributed by atoms with E-state index in [1.807, 2.05) is 10.3 Å². The molecule has 0 aromatic carbocycles. The second kappa shape index (κ2) is 6.48. The van der Waals surface area contributed by atoms with Gasteiger partial charge in [-0.2, -0.15) is 0 Å². The maximum Gasteiger partial charge on any atom is 0.228 e. The number of likely N-dealkylation sites (tertiary alicyclic amines) is 1. The second-order valence-electron chi connectivity index (χ2n) is 5.54. The van der Waals surface area contributed by atoms with Crippen molar-refractivity contribution >= 4 is 17.2 Å². The number of rotatable bonds is 4. The topological polar surface area (TPSA) is 53.4 Å². The minimum absolute atomic E-state index is 0.138. The van der Waals surface area contributed by atoms with E-state index in [4.69, 9.17) is 0 Å². The highest BCUT2D eigenvalue weighted by Crippen LogP contribution is 2.21. The normalized spacial score (nSPS) is 20.0. The Bertz CT molecular complexity index is 431. The van der Waals surface area contributed by atoms with Crippen molar-refractivity contribution in [2.24, 2.45) is 5.92 Å². The molecule has 0 spiro atoms. The van der Waals surface area contributed by atoms with E-state index in [9.17, 15) is 9.90 Å². The van der Waals surface area contributed by atoms with Gasteiger partial charge in [0.2, 0.25) is 5.91 Å². The lowest BCUT2D eigenvalue weighted by Crippen LogP contribution is -2.41. The molecule has 0 radical (unpaired) electrons. The van der Waals surface area contributed by atoms with E-state index < -0.39 is 0 Å². The van der Waals surface area contributed by atoms with Crippen LogP contribution in [0.1, 0.15) is 43.3 Å². The van der Waals surface area contributed by atoms with E-state index in [0.717, 1.165) is 30.1 Å². The van der Waals surface area contributed by atoms with Crippen molar-refractivity contribution in [3.05, 3.63) is 16.1 Å². The molecule has 1 atom stereocenters. The summed E-state index contributed by atoms with van der Waals surface area (Å²) < 4.78 is 0. The molecule has 19 heavy (non-hydrogen) atoms. The zero-order valence-electron chi connectivity index (χ0n) is 11.6. The third kappa shape index (κ3) is 3.76. The van der Waals surface area contributed by atoms with Crippen LogP contribution < -0.4 is 0 Å². The van der Waals surface area contributed by atoms with E-state index in [2.05, 4.69) is 18.8 Å². The van der Waals surface area contributed by atoms with Crippen molar-refractivity contribution in [2.45, 2.75) is 39.0 Å². The molecule has 1 aromatic heterocycles. The minimum Gasteiger partial charge on any atom is -0.396 e. The Hall–Kier alpha value is -0.940. The number of thiazole rings is 1. The fraction of sp³-hybridized carbons (Fsp3) is 0.714. The fourth-order valence-electron chi connectivity index (χ4n) is 2.38. The number of aromatic nitrogens is 1. The van der Waals surface area contributed by atoms with Crippen molar-refractivity contribution in [2.75, 3.05) is 19.7 Å². The van der Waals surface area contributed by atoms with Gasteiger partial charge in [-0.3, -0.25) is 4.79 Å². The number of amides is 1. The van der Waals surface area contributed by atoms with Crippen LogP contribution in [0.25, 0.3) is 0 Å². The average molecular weight is 282 g/mol. The number of piperidine rings is 1. The van der Waals surface area contributed by atoms with Crippen LogP contribution >= 0.6 is 11.3 Å². The summed E-state index contributed by atoms with van der Waals surface area (Å²) in [7, 11) is 0. The van der Waals surface area contributed by atoms with Crippen molar-refractivity contribution in [3.63, 3.8) is 0 Å². The number of carbonyl (C=O) groups excluding carboxylic acids is 1. The molecule has 1 aromatic rings. The number of carbonyl (C=O) groups is 1. The standard InChI is InChI=1S/C14H22N2O2S/c1-10(2)14-15-12(9-19-14)6-13(18)16-5-3-4-11(7-16)8-17/h9-11,17H,3-8H2,1-2H3. The molecule has 4 nitrogen and oxygen atoms in total. The SMILES string of the molecule is CC(C)c1nc(CC(=O)N2CCCC(CO)C2)cs1. The van der Waals surface area contributed by atoms with Crippen molar-refractivity contribution in [1.82, 2.24) is 9.88 Å². The maximum atomic E-state index is 12.2. The Labute approximate surface area is 118 Å². The van der Waals surface area contributed by atoms with Gasteiger partial charge in [0, 0.05) is 31.0 Å². The number of aliphatic hydroxyl groups is 1. The second-order valence-corrected chi connectivity index (χ2v) is 6.43. The molecule has 1 fully saturated rings. The monoisotopic (exact) mass is 282 g/mol. The first-order chi connectivity index (χ1) is 9.10. The molecule has 1 aliphatic rings. The largest absolute Gasteiger partial charge is 0.396 e. The third-order valence-electron chi connectivity index (χ3n) is 3.53. The Morgan fingerprint density at radius 2 is 2.42 bits per heavy atom. The summed E-state index contributed by atoms with van der Waals surface area (Å²) in [6.45, 7) is 5.91. The molecular formula is C14H22N2O2S. The van der Waals surface area contributed by atoms with E-state index >= 15 is 0 Å². The molecular weight excluding hydrogens is 260 g/mol. The van der Waals surface area contributed by atoms with Gasteiger partial charge in [-0.15, -0.1) is 11.3 Å². The van der Waals surface area contributed by atoms with Crippen molar-refractivity contribution in [1.29, 1.82) is 0 Å². The van der Waals surface area contributed by atoms with Crippen molar-refractivity contribution in [3.8, 4) is 0 Å². The van der Waals surface area contributed by atoms with Gasteiger partial charge in [0.25, 0.3) is 0 Å². The fourth-order valence-corrected chi connectivity index (χ4v) is 3.21. The summed E-state index contributed by atoms with van der Waals surface area (Å²) in [5, 5.41) is 12.3. The first-order valence-electron chi connectivity index (χ1n) is 6.93. The molecule has 1 aliphatic heterocycles. The molecule has 2 heterocycles. The summed E-state index contributed by atoms with van der Waals surface area (Å²) in [6.07, 6.45) is 2.40. The summed E-state index contributed by atoms with van der Waals surface area (Å²) in [6, 6.07) is 0. The lowest BCUT2D eigenvalue weighted by Gasteiger charge is -2.31. The number of aliphatic hydroxyl groups excluding tert-OH is 1. The number of hydrogen-bond acceptors (Lipinski definition) is 4. The number of nitrogens with zero attached hydrogens (tertiary/aromatic N) is 2. The Morgan fingerprint density at radius 3 is 3.05 bits per heavy atom. The molecule has 1 unspecified atom stereocenters. The predicted octanol–water partition coefficient (Wildman–Crippen LogP) is 2.04. The molecule has 0 aliphatic carbocycles. The quantitative estimate of drug-likeness (QED) is 0.919. The van der Waals surface area contributed by atoms with Crippen LogP contribution in [0.15, 0.2) is 5.38 Å². The Balaban J connectivity index is 1.92. The highest BCUT2D eigenvalue weighted by atomic mass is 32.1. The average Bonchev–Trinajstić information content (AvgIpc) is 2.87. The van der Waals surface area contributed by atoms with E-state index in [0.29, 0.717) is 18.9 Å². The van der Waals surface area contributed by atoms with Gasteiger partial charge < -0.3 is 10.0 Å². The molecule has 0 saturated carbocycles. The predicted molar refractivity (Wildman–Crippen MR) is 76.3 cm³/mol. The van der Waals surface area contributed by atoms with Gasteiger partial charge in [-0.25, -0.2) is 4.98 Å². The molecule has 1 N–H and O–H groups in total. The van der Waals surface area contributed by atoms with Gasteiger partial charge in [-0.1, -0.05) is 13.8 Å². The molecule has 5 heteroatoms. The van der Waals surface area contributed by atoms with Crippen LogP contribution in [0, 0.1) is 5.92 Å². The van der Waals surface area contributed by atoms with Crippen LogP contribution in [0.4, 0.5) is 0 Å². The van der Waals surface area contributed by atoms with Crippen LogP contribution in [-0.2, 0) is 11.2 Å². The van der Waals surface area contributed by atoms with Crippen LogP contribution in [-0.4, -0.2) is 40.6 Å². The van der Waals surface area contributed by atoms with E-state index in [1.165, 1.54) is 0 Å². The number of hydrogen-bond donors (Lipinski definition) is 1. The highest BCUT2D eigenvalue weighted by Gasteiger charge is 2.23. The smallest absolute Gasteiger partial charge is 0.228 e. The Morgan fingerprint density at radius 1 is 1.63 bits per heavy atom. The summed E-state index contributed by atoms with van der Waals surface area (Å²) in [5.74, 6) is 0.806. The third-order valence-corrected chi connectivity index (χ3v) is 4.72. The molecule has 106 valence electrons. The van der Waals surface area contributed by atoms with Gasteiger partial charge in [0.15, 0.2) is 0 Å². The lowest BCUT2D eigenvalue weighted by atomic mass is 9.99. The molecule has 1 saturated heterocycles. The van der Waals surface area contributed by atoms with Crippen molar-refractivity contribution < 1.29 is 9.90 Å². The van der Waals surface area contributed by atoms with E-state index in [-0.39, 0.29) is 18.4 Å². The molecule has 1 amide bonds. The van der Waals surface area contributed by atoms with Gasteiger partial charge in [0.1, 0.15) is 0 Å². The van der Waals surface area contributed by atoms with Gasteiger partial charge >= 0.3 is 0 Å². The first-order valence-corrected chi connectivity index (χ1v) is 7.81. The van der Waals surface area contributed by atoms with Gasteiger partial charge in [-0.05, 0) is 18.8 Å². The summed E-state index contributed by atoms with van der Waals surface area (Å²) in [5.41, 5.74) is 0.879. The van der Waals surface area contributed by atoms with Crippen LogP contribution in [0.2, 0.25) is 0 Å². The molecule has 2 rings (SSSR count). The zero-order valence-corrected chi connectivity index (χ0v) is 12.4. The van der Waals surface area contributed by atoms with Gasteiger partial charge in [0.05, 0.1) is 17.1 Å². The Kier molecular flexibility index (Phi) is 4.93. The first kappa shape index (κ1) is 14.5.